The van der Waals surface area contributed by atoms with E-state index in [0.717, 1.165) is 24.5 Å². The Hall–Kier alpha value is -0.970. The number of rotatable bonds is 2. The van der Waals surface area contributed by atoms with Crippen molar-refractivity contribution in [1.29, 1.82) is 0 Å². The van der Waals surface area contributed by atoms with Gasteiger partial charge in [0.25, 0.3) is 0 Å². The van der Waals surface area contributed by atoms with E-state index in [4.69, 9.17) is 0 Å². The first-order chi connectivity index (χ1) is 8.18. The lowest BCUT2D eigenvalue weighted by atomic mass is 10.0. The Morgan fingerprint density at radius 1 is 1.41 bits per heavy atom. The number of allylic oxidation sites excluding steroid dienone is 2. The van der Waals surface area contributed by atoms with Gasteiger partial charge in [0.15, 0.2) is 0 Å². The summed E-state index contributed by atoms with van der Waals surface area (Å²) in [6, 6.07) is 0. The first kappa shape index (κ1) is 14.1. The van der Waals surface area contributed by atoms with Crippen LogP contribution in [0, 0.1) is 5.92 Å². The maximum absolute atomic E-state index is 11.7. The molecule has 17 heavy (non-hydrogen) atoms. The number of hydrazine groups is 1. The minimum absolute atomic E-state index is 0.477. The standard InChI is InChI=1S/C10H17N3OS.C2H6/c1-8(2)9-6-10(12-11-7-9)13-4-3-5-15(13)14;1-2/h6-8,11-12H,3-5H2,1-2H3;1-2H3. The van der Waals surface area contributed by atoms with Crippen molar-refractivity contribution in [2.45, 2.75) is 34.1 Å². The van der Waals surface area contributed by atoms with Crippen LogP contribution in [-0.2, 0) is 11.0 Å². The second-order valence-electron chi connectivity index (χ2n) is 4.08. The maximum Gasteiger partial charge on any atom is 0.132 e. The first-order valence-electron chi connectivity index (χ1n) is 6.28. The summed E-state index contributed by atoms with van der Waals surface area (Å²) in [5, 5.41) is 0. The van der Waals surface area contributed by atoms with E-state index < -0.39 is 11.0 Å². The Morgan fingerprint density at radius 2 is 2.12 bits per heavy atom. The molecule has 0 saturated carbocycles. The molecule has 0 radical (unpaired) electrons. The molecule has 0 aromatic rings. The Balaban J connectivity index is 0.000000686. The fourth-order valence-electron chi connectivity index (χ4n) is 1.67. The zero-order valence-electron chi connectivity index (χ0n) is 11.1. The third-order valence-corrected chi connectivity index (χ3v) is 4.11. The molecule has 1 unspecified atom stereocenters. The SMILES string of the molecule is CC.CC(C)C1=CNNC(N2CCCS2=O)=C1. The van der Waals surface area contributed by atoms with E-state index >= 15 is 0 Å². The van der Waals surface area contributed by atoms with Crippen LogP contribution in [0.15, 0.2) is 23.7 Å². The lowest BCUT2D eigenvalue weighted by Crippen LogP contribution is -2.39. The van der Waals surface area contributed by atoms with E-state index in [9.17, 15) is 4.21 Å². The Kier molecular flexibility index (Phi) is 5.55. The zero-order chi connectivity index (χ0) is 12.8. The van der Waals surface area contributed by atoms with Gasteiger partial charge in [0.2, 0.25) is 0 Å². The van der Waals surface area contributed by atoms with Gasteiger partial charge in [-0.1, -0.05) is 27.7 Å². The molecule has 1 fully saturated rings. The second-order valence-corrected chi connectivity index (χ2v) is 5.57. The van der Waals surface area contributed by atoms with Crippen LogP contribution in [0.5, 0.6) is 0 Å². The van der Waals surface area contributed by atoms with Crippen molar-refractivity contribution in [1.82, 2.24) is 15.2 Å². The van der Waals surface area contributed by atoms with Crippen LogP contribution in [0.1, 0.15) is 34.1 Å². The van der Waals surface area contributed by atoms with Gasteiger partial charge in [-0.2, -0.15) is 0 Å². The van der Waals surface area contributed by atoms with Crippen LogP contribution in [-0.4, -0.2) is 20.8 Å². The number of nitrogens with one attached hydrogen (secondary N) is 2. The molecule has 2 N–H and O–H groups in total. The van der Waals surface area contributed by atoms with E-state index in [-0.39, 0.29) is 0 Å². The Labute approximate surface area is 107 Å². The van der Waals surface area contributed by atoms with Crippen molar-refractivity contribution >= 4 is 11.0 Å². The predicted octanol–water partition coefficient (Wildman–Crippen LogP) is 1.87. The van der Waals surface area contributed by atoms with Crippen molar-refractivity contribution in [3.05, 3.63) is 23.7 Å². The summed E-state index contributed by atoms with van der Waals surface area (Å²) in [4.78, 5) is 0. The number of nitrogens with zero attached hydrogens (tertiary/aromatic N) is 1. The smallest absolute Gasteiger partial charge is 0.132 e. The molecule has 0 spiro atoms. The van der Waals surface area contributed by atoms with Gasteiger partial charge in [-0.05, 0) is 24.0 Å². The van der Waals surface area contributed by atoms with Crippen LogP contribution < -0.4 is 10.9 Å². The molecular formula is C12H23N3OS. The molecule has 2 rings (SSSR count). The molecular weight excluding hydrogens is 234 g/mol. The van der Waals surface area contributed by atoms with Crippen LogP contribution in [0.2, 0.25) is 0 Å². The summed E-state index contributed by atoms with van der Waals surface area (Å²) >= 11 is 0. The number of hydrogen-bond acceptors (Lipinski definition) is 3. The third-order valence-electron chi connectivity index (χ3n) is 2.60. The average Bonchev–Trinajstić information content (AvgIpc) is 2.78. The lowest BCUT2D eigenvalue weighted by molar-refractivity contribution is 0.486. The molecule has 2 heterocycles. The third kappa shape index (κ3) is 3.49. The summed E-state index contributed by atoms with van der Waals surface area (Å²) in [5.74, 6) is 2.18. The molecule has 4 nitrogen and oxygen atoms in total. The van der Waals surface area contributed by atoms with Crippen molar-refractivity contribution in [3.8, 4) is 0 Å². The highest BCUT2D eigenvalue weighted by Crippen LogP contribution is 2.20. The molecule has 5 heteroatoms. The largest absolute Gasteiger partial charge is 0.307 e. The van der Waals surface area contributed by atoms with Crippen molar-refractivity contribution < 1.29 is 4.21 Å². The lowest BCUT2D eigenvalue weighted by Gasteiger charge is -2.25. The summed E-state index contributed by atoms with van der Waals surface area (Å²) in [7, 11) is -0.851. The van der Waals surface area contributed by atoms with Gasteiger partial charge in [0.1, 0.15) is 16.8 Å². The summed E-state index contributed by atoms with van der Waals surface area (Å²) in [6.07, 6.45) is 5.03. The Morgan fingerprint density at radius 3 is 2.65 bits per heavy atom. The highest BCUT2D eigenvalue weighted by atomic mass is 32.2. The van der Waals surface area contributed by atoms with Gasteiger partial charge in [0.05, 0.1) is 0 Å². The fourth-order valence-corrected chi connectivity index (χ4v) is 2.92. The zero-order valence-corrected chi connectivity index (χ0v) is 11.9. The molecule has 0 amide bonds. The molecule has 98 valence electrons. The molecule has 2 aliphatic rings. The van der Waals surface area contributed by atoms with Crippen LogP contribution in [0.3, 0.4) is 0 Å². The molecule has 1 saturated heterocycles. The monoisotopic (exact) mass is 257 g/mol. The van der Waals surface area contributed by atoms with Crippen LogP contribution >= 0.6 is 0 Å². The predicted molar refractivity (Wildman–Crippen MR) is 73.0 cm³/mol. The second kappa shape index (κ2) is 6.69. The van der Waals surface area contributed by atoms with Crippen LogP contribution in [0.25, 0.3) is 0 Å². The normalized spacial score (nSPS) is 23.1. The topological polar surface area (TPSA) is 44.4 Å². The van der Waals surface area contributed by atoms with E-state index in [1.54, 1.807) is 0 Å². The van der Waals surface area contributed by atoms with E-state index in [2.05, 4.69) is 30.8 Å². The van der Waals surface area contributed by atoms with Gasteiger partial charge in [-0.25, -0.2) is 4.21 Å². The summed E-state index contributed by atoms with van der Waals surface area (Å²) in [6.45, 7) is 9.17. The van der Waals surface area contributed by atoms with Gasteiger partial charge >= 0.3 is 0 Å². The van der Waals surface area contributed by atoms with E-state index in [1.165, 1.54) is 5.57 Å². The summed E-state index contributed by atoms with van der Waals surface area (Å²) < 4.78 is 13.6. The van der Waals surface area contributed by atoms with Gasteiger partial charge < -0.3 is 5.43 Å². The van der Waals surface area contributed by atoms with Gasteiger partial charge in [0, 0.05) is 18.5 Å². The molecule has 0 aliphatic carbocycles. The van der Waals surface area contributed by atoms with E-state index in [1.807, 2.05) is 24.4 Å². The van der Waals surface area contributed by atoms with Crippen molar-refractivity contribution in [3.63, 3.8) is 0 Å². The number of hydrogen-bond donors (Lipinski definition) is 2. The van der Waals surface area contributed by atoms with Gasteiger partial charge in [-0.15, -0.1) is 0 Å². The highest BCUT2D eigenvalue weighted by molar-refractivity contribution is 7.83. The molecule has 1 atom stereocenters. The maximum atomic E-state index is 11.7. The van der Waals surface area contributed by atoms with Crippen molar-refractivity contribution in [2.24, 2.45) is 5.92 Å². The van der Waals surface area contributed by atoms with E-state index in [0.29, 0.717) is 5.92 Å². The Bertz CT molecular complexity index is 337. The van der Waals surface area contributed by atoms with Gasteiger partial charge in [-0.3, -0.25) is 9.73 Å². The first-order valence-corrected chi connectivity index (χ1v) is 7.55. The quantitative estimate of drug-likeness (QED) is 0.794. The molecule has 2 aliphatic heterocycles. The van der Waals surface area contributed by atoms with Crippen LogP contribution in [0.4, 0.5) is 0 Å². The summed E-state index contributed by atoms with van der Waals surface area (Å²) in [5.41, 5.74) is 7.28. The molecule has 0 aromatic carbocycles. The fraction of sp³-hybridized carbons (Fsp3) is 0.667. The molecule has 0 bridgehead atoms. The molecule has 0 aromatic heterocycles. The van der Waals surface area contributed by atoms with Crippen molar-refractivity contribution in [2.75, 3.05) is 12.3 Å². The average molecular weight is 257 g/mol. The minimum atomic E-state index is -0.851. The minimum Gasteiger partial charge on any atom is -0.307 e. The highest BCUT2D eigenvalue weighted by Gasteiger charge is 2.23.